The summed E-state index contributed by atoms with van der Waals surface area (Å²) in [7, 11) is 1.62. The highest BCUT2D eigenvalue weighted by atomic mass is 16.5. The number of aromatic nitrogens is 2. The van der Waals surface area contributed by atoms with Gasteiger partial charge in [-0.25, -0.2) is 4.79 Å². The number of nitrogens with one attached hydrogen (secondary N) is 1. The number of aromatic amines is 1. The lowest BCUT2D eigenvalue weighted by Gasteiger charge is -2.07. The van der Waals surface area contributed by atoms with Gasteiger partial charge < -0.3 is 9.72 Å². The molecule has 0 aliphatic rings. The monoisotopic (exact) mass is 330 g/mol. The van der Waals surface area contributed by atoms with Crippen LogP contribution in [0.4, 0.5) is 0 Å². The van der Waals surface area contributed by atoms with E-state index in [2.05, 4.69) is 16.9 Å². The van der Waals surface area contributed by atoms with Crippen molar-refractivity contribution in [3.8, 4) is 5.75 Å². The predicted molar refractivity (Wildman–Crippen MR) is 99.8 cm³/mol. The summed E-state index contributed by atoms with van der Waals surface area (Å²) in [5.74, 6) is 0.731. The molecule has 0 spiro atoms. The van der Waals surface area contributed by atoms with Gasteiger partial charge in [-0.1, -0.05) is 58.3 Å². The Hall–Kier alpha value is -1.84. The summed E-state index contributed by atoms with van der Waals surface area (Å²) >= 11 is 0. The molecule has 0 radical (unpaired) electrons. The first-order chi connectivity index (χ1) is 11.7. The molecule has 0 atom stereocenters. The lowest BCUT2D eigenvalue weighted by Crippen LogP contribution is -2.13. The third-order valence-corrected chi connectivity index (χ3v) is 4.54. The first-order valence-corrected chi connectivity index (χ1v) is 9.31. The van der Waals surface area contributed by atoms with Crippen LogP contribution < -0.4 is 10.4 Å². The van der Waals surface area contributed by atoms with Crippen LogP contribution in [0.5, 0.6) is 5.75 Å². The van der Waals surface area contributed by atoms with Crippen LogP contribution in [0.25, 0.3) is 10.9 Å². The van der Waals surface area contributed by atoms with Crippen molar-refractivity contribution in [2.24, 2.45) is 0 Å². The minimum absolute atomic E-state index is 0.276. The maximum absolute atomic E-state index is 11.8. The zero-order valence-corrected chi connectivity index (χ0v) is 15.1. The van der Waals surface area contributed by atoms with Gasteiger partial charge in [0.25, 0.3) is 0 Å². The van der Waals surface area contributed by atoms with Crippen molar-refractivity contribution in [3.05, 3.63) is 34.4 Å². The number of H-pyrrole nitrogens is 1. The van der Waals surface area contributed by atoms with Gasteiger partial charge in [-0.15, -0.1) is 0 Å². The Morgan fingerprint density at radius 2 is 1.67 bits per heavy atom. The first-order valence-electron chi connectivity index (χ1n) is 9.31. The van der Waals surface area contributed by atoms with Crippen LogP contribution in [-0.4, -0.2) is 17.1 Å². The van der Waals surface area contributed by atoms with Gasteiger partial charge in [-0.05, 0) is 25.0 Å². The molecule has 0 fully saturated rings. The van der Waals surface area contributed by atoms with Gasteiger partial charge in [0.1, 0.15) is 5.75 Å². The van der Waals surface area contributed by atoms with E-state index in [0.29, 0.717) is 5.52 Å². The second-order valence-electron chi connectivity index (χ2n) is 6.48. The first kappa shape index (κ1) is 18.5. The van der Waals surface area contributed by atoms with Gasteiger partial charge in [0.2, 0.25) is 0 Å². The van der Waals surface area contributed by atoms with E-state index < -0.39 is 0 Å². The Balaban J connectivity index is 1.81. The topological polar surface area (TPSA) is 55.0 Å². The summed E-state index contributed by atoms with van der Waals surface area (Å²) in [4.78, 5) is 18.7. The highest BCUT2D eigenvalue weighted by Gasteiger charge is 2.06. The predicted octanol–water partition coefficient (Wildman–Crippen LogP) is 5.01. The lowest BCUT2D eigenvalue weighted by atomic mass is 10.0. The standard InChI is InChI=1S/C20H30N2O2/c1-3-4-5-6-7-8-9-10-11-12-18-17-14-13-16(24-2)15-19(17)22-20(23)21-18/h13-15H,3-12H2,1-2H3,(H,21,22,23). The molecule has 0 aliphatic heterocycles. The molecule has 0 bridgehead atoms. The molecule has 0 aliphatic carbocycles. The average Bonchev–Trinajstić information content (AvgIpc) is 2.59. The maximum atomic E-state index is 11.8. The van der Waals surface area contributed by atoms with E-state index in [4.69, 9.17) is 4.74 Å². The average molecular weight is 330 g/mol. The molecule has 0 amide bonds. The summed E-state index contributed by atoms with van der Waals surface area (Å²) in [5, 5.41) is 1.02. The number of aryl methyl sites for hydroxylation is 1. The molecule has 1 aromatic carbocycles. The van der Waals surface area contributed by atoms with Crippen LogP contribution in [0, 0.1) is 0 Å². The van der Waals surface area contributed by atoms with Crippen LogP contribution in [0.1, 0.15) is 70.4 Å². The van der Waals surface area contributed by atoms with E-state index in [0.717, 1.165) is 29.7 Å². The number of hydrogen-bond donors (Lipinski definition) is 1. The van der Waals surface area contributed by atoms with Gasteiger partial charge >= 0.3 is 5.69 Å². The Morgan fingerprint density at radius 1 is 1.00 bits per heavy atom. The summed E-state index contributed by atoms with van der Waals surface area (Å²) in [6, 6.07) is 5.73. The number of nitrogens with zero attached hydrogens (tertiary/aromatic N) is 1. The number of ether oxygens (including phenoxy) is 1. The highest BCUT2D eigenvalue weighted by Crippen LogP contribution is 2.21. The van der Waals surface area contributed by atoms with Crippen LogP contribution in [0.3, 0.4) is 0 Å². The molecule has 1 aromatic heterocycles. The molecule has 0 saturated carbocycles. The van der Waals surface area contributed by atoms with E-state index in [1.165, 1.54) is 51.4 Å². The summed E-state index contributed by atoms with van der Waals surface area (Å²) in [5.41, 5.74) is 1.43. The summed E-state index contributed by atoms with van der Waals surface area (Å²) < 4.78 is 5.21. The second-order valence-corrected chi connectivity index (χ2v) is 6.48. The summed E-state index contributed by atoms with van der Waals surface area (Å²) in [6.45, 7) is 2.25. The molecular weight excluding hydrogens is 300 g/mol. The van der Waals surface area contributed by atoms with Gasteiger partial charge in [-0.3, -0.25) is 0 Å². The number of hydrogen-bond acceptors (Lipinski definition) is 3. The van der Waals surface area contributed by atoms with Crippen LogP contribution in [-0.2, 0) is 6.42 Å². The van der Waals surface area contributed by atoms with Gasteiger partial charge in [-0.2, -0.15) is 4.98 Å². The van der Waals surface area contributed by atoms with Crippen molar-refractivity contribution in [1.82, 2.24) is 9.97 Å². The Kier molecular flexibility index (Phi) is 7.80. The molecule has 1 N–H and O–H groups in total. The molecule has 2 aromatic rings. The van der Waals surface area contributed by atoms with Crippen molar-refractivity contribution in [3.63, 3.8) is 0 Å². The minimum atomic E-state index is -0.276. The molecule has 132 valence electrons. The fraction of sp³-hybridized carbons (Fsp3) is 0.600. The Morgan fingerprint density at radius 3 is 2.33 bits per heavy atom. The van der Waals surface area contributed by atoms with Crippen molar-refractivity contribution < 1.29 is 4.74 Å². The number of fused-ring (bicyclic) bond motifs is 1. The normalized spacial score (nSPS) is 11.1. The van der Waals surface area contributed by atoms with Gasteiger partial charge in [0.15, 0.2) is 0 Å². The highest BCUT2D eigenvalue weighted by molar-refractivity contribution is 5.82. The van der Waals surface area contributed by atoms with Crippen molar-refractivity contribution >= 4 is 10.9 Å². The molecule has 24 heavy (non-hydrogen) atoms. The number of rotatable bonds is 11. The van der Waals surface area contributed by atoms with Crippen LogP contribution in [0.15, 0.2) is 23.0 Å². The van der Waals surface area contributed by atoms with E-state index in [-0.39, 0.29) is 5.69 Å². The SMILES string of the molecule is CCCCCCCCCCCc1[nH]c(=O)nc2cc(OC)ccc12. The van der Waals surface area contributed by atoms with E-state index in [1.54, 1.807) is 7.11 Å². The van der Waals surface area contributed by atoms with Gasteiger partial charge in [0.05, 0.1) is 12.6 Å². The zero-order chi connectivity index (χ0) is 17.2. The quantitative estimate of drug-likeness (QED) is 0.590. The molecular formula is C20H30N2O2. The largest absolute Gasteiger partial charge is 0.497 e. The Labute approximate surface area is 144 Å². The zero-order valence-electron chi connectivity index (χ0n) is 15.1. The summed E-state index contributed by atoms with van der Waals surface area (Å²) in [6.07, 6.45) is 12.6. The van der Waals surface area contributed by atoms with Crippen LogP contribution >= 0.6 is 0 Å². The minimum Gasteiger partial charge on any atom is -0.497 e. The fourth-order valence-electron chi connectivity index (χ4n) is 3.13. The van der Waals surface area contributed by atoms with Crippen molar-refractivity contribution in [2.45, 2.75) is 71.1 Å². The maximum Gasteiger partial charge on any atom is 0.345 e. The molecule has 2 rings (SSSR count). The molecule has 0 unspecified atom stereocenters. The number of benzene rings is 1. The van der Waals surface area contributed by atoms with E-state index in [1.807, 2.05) is 18.2 Å². The third kappa shape index (κ3) is 5.66. The van der Waals surface area contributed by atoms with E-state index in [9.17, 15) is 4.79 Å². The van der Waals surface area contributed by atoms with Crippen molar-refractivity contribution in [1.29, 1.82) is 0 Å². The smallest absolute Gasteiger partial charge is 0.345 e. The van der Waals surface area contributed by atoms with E-state index >= 15 is 0 Å². The number of methoxy groups -OCH3 is 1. The van der Waals surface area contributed by atoms with Gasteiger partial charge in [0, 0.05) is 17.1 Å². The molecule has 1 heterocycles. The lowest BCUT2D eigenvalue weighted by molar-refractivity contribution is 0.415. The fourth-order valence-corrected chi connectivity index (χ4v) is 3.13. The molecule has 0 saturated heterocycles. The number of unbranched alkanes of at least 4 members (excludes halogenated alkanes) is 8. The van der Waals surface area contributed by atoms with Crippen molar-refractivity contribution in [2.75, 3.05) is 7.11 Å². The van der Waals surface area contributed by atoms with Crippen LogP contribution in [0.2, 0.25) is 0 Å². The Bertz CT molecular complexity index is 679. The molecule has 4 nitrogen and oxygen atoms in total. The molecule has 4 heteroatoms. The third-order valence-electron chi connectivity index (χ3n) is 4.54. The second kappa shape index (κ2) is 10.1.